The Hall–Kier alpha value is -4.76. The smallest absolute Gasteiger partial charge is 0.251 e. The van der Waals surface area contributed by atoms with Crippen molar-refractivity contribution in [3.63, 3.8) is 0 Å². The quantitative estimate of drug-likeness (QED) is 0.123. The number of likely N-dealkylation sites (N-methyl/N-ethyl adjacent to an activating group) is 1. The fourth-order valence-electron chi connectivity index (χ4n) is 4.96. The van der Waals surface area contributed by atoms with Crippen LogP contribution in [0.25, 0.3) is 0 Å². The van der Waals surface area contributed by atoms with Crippen LogP contribution >= 0.6 is 0 Å². The van der Waals surface area contributed by atoms with Crippen molar-refractivity contribution in [3.05, 3.63) is 83.4 Å². The molecule has 0 fully saturated rings. The Bertz CT molecular complexity index is 1680. The topological polar surface area (TPSA) is 194 Å². The molecule has 0 spiro atoms. The van der Waals surface area contributed by atoms with E-state index in [-0.39, 0.29) is 53.6 Å². The number of anilines is 1. The SMILES string of the molecule is CCNC(=O)[C@@H](NC(=O)[C@H](C)NC[C@H](Cc1c[nH]cn1)NC(=O)c1cc(C(=O)N[C@H](C)c2ccccc2)cc(N(C)S(C)(=O)=O)c1)C(C)C. The lowest BCUT2D eigenvalue weighted by molar-refractivity contribution is -0.130. The van der Waals surface area contributed by atoms with Crippen LogP contribution in [-0.2, 0) is 26.0 Å². The van der Waals surface area contributed by atoms with Gasteiger partial charge in [0.1, 0.15) is 6.04 Å². The maximum absolute atomic E-state index is 13.8. The number of rotatable bonds is 17. The molecule has 0 saturated heterocycles. The van der Waals surface area contributed by atoms with Crippen LogP contribution < -0.4 is 30.9 Å². The zero-order valence-corrected chi connectivity index (χ0v) is 29.9. The molecule has 0 aliphatic heterocycles. The van der Waals surface area contributed by atoms with Crippen molar-refractivity contribution in [2.24, 2.45) is 5.92 Å². The summed E-state index contributed by atoms with van der Waals surface area (Å²) in [4.78, 5) is 59.8. The number of aromatic nitrogens is 2. The first kappa shape index (κ1) is 38.7. The lowest BCUT2D eigenvalue weighted by Gasteiger charge is -2.25. The van der Waals surface area contributed by atoms with Crippen molar-refractivity contribution >= 4 is 39.3 Å². The van der Waals surface area contributed by atoms with E-state index in [4.69, 9.17) is 0 Å². The van der Waals surface area contributed by atoms with Crippen LogP contribution in [0.4, 0.5) is 5.69 Å². The van der Waals surface area contributed by atoms with E-state index in [0.29, 0.717) is 12.2 Å². The lowest BCUT2D eigenvalue weighted by atomic mass is 10.0. The molecule has 49 heavy (non-hydrogen) atoms. The molecule has 1 aromatic heterocycles. The molecule has 15 heteroatoms. The predicted octanol–water partition coefficient (Wildman–Crippen LogP) is 1.89. The van der Waals surface area contributed by atoms with Gasteiger partial charge in [-0.2, -0.15) is 0 Å². The highest BCUT2D eigenvalue weighted by Gasteiger charge is 2.27. The van der Waals surface area contributed by atoms with Crippen molar-refractivity contribution in [2.45, 2.75) is 65.2 Å². The first-order valence-electron chi connectivity index (χ1n) is 16.1. The second-order valence-electron chi connectivity index (χ2n) is 12.3. The lowest BCUT2D eigenvalue weighted by Crippen LogP contribution is -2.55. The van der Waals surface area contributed by atoms with Crippen molar-refractivity contribution in [2.75, 3.05) is 30.7 Å². The van der Waals surface area contributed by atoms with E-state index in [0.717, 1.165) is 16.1 Å². The van der Waals surface area contributed by atoms with Crippen LogP contribution in [0.3, 0.4) is 0 Å². The largest absolute Gasteiger partial charge is 0.355 e. The molecular weight excluding hydrogens is 648 g/mol. The van der Waals surface area contributed by atoms with Gasteiger partial charge in [0.05, 0.1) is 36.0 Å². The predicted molar refractivity (Wildman–Crippen MR) is 188 cm³/mol. The second kappa shape index (κ2) is 17.6. The molecule has 0 bridgehead atoms. The summed E-state index contributed by atoms with van der Waals surface area (Å²) in [5.41, 5.74) is 1.82. The molecular formula is C34H48N8O6S. The number of H-pyrrole nitrogens is 1. The molecule has 3 rings (SSSR count). The number of imidazole rings is 1. The zero-order valence-electron chi connectivity index (χ0n) is 29.0. The molecule has 0 unspecified atom stereocenters. The van der Waals surface area contributed by atoms with Crippen molar-refractivity contribution in [1.29, 1.82) is 0 Å². The molecule has 0 saturated carbocycles. The third-order valence-corrected chi connectivity index (χ3v) is 9.16. The average molecular weight is 697 g/mol. The number of amides is 4. The standard InChI is InChI=1S/C34H48N8O6S/c1-8-36-34(46)30(21(2)3)41-31(43)23(5)37-19-28(17-27-18-35-20-38-27)40-33(45)26-14-25(15-29(16-26)42(6)49(7,47)48)32(44)39-22(4)24-12-10-9-11-13-24/h9-16,18,20-23,28,30,37H,8,17,19H2,1-7H3,(H,35,38)(H,36,46)(H,39,44)(H,40,45)(H,41,43)/t22-,23+,28+,30+/m1/s1. The molecule has 1 heterocycles. The molecule has 4 amide bonds. The minimum Gasteiger partial charge on any atom is -0.355 e. The minimum absolute atomic E-state index is 0.0602. The van der Waals surface area contributed by atoms with Gasteiger partial charge >= 0.3 is 0 Å². The van der Waals surface area contributed by atoms with E-state index >= 15 is 0 Å². The molecule has 14 nitrogen and oxygen atoms in total. The first-order valence-corrected chi connectivity index (χ1v) is 18.0. The summed E-state index contributed by atoms with van der Waals surface area (Å²) in [7, 11) is -2.39. The highest BCUT2D eigenvalue weighted by molar-refractivity contribution is 7.92. The van der Waals surface area contributed by atoms with Crippen LogP contribution in [-0.4, -0.2) is 86.5 Å². The Morgan fingerprint density at radius 1 is 0.898 bits per heavy atom. The Labute approximate surface area is 288 Å². The summed E-state index contributed by atoms with van der Waals surface area (Å²) in [5.74, 6) is -1.85. The van der Waals surface area contributed by atoms with Crippen molar-refractivity contribution in [1.82, 2.24) is 36.6 Å². The summed E-state index contributed by atoms with van der Waals surface area (Å²) in [5, 5.41) is 14.5. The van der Waals surface area contributed by atoms with Crippen LogP contribution in [0.5, 0.6) is 0 Å². The van der Waals surface area contributed by atoms with Crippen molar-refractivity contribution < 1.29 is 27.6 Å². The van der Waals surface area contributed by atoms with E-state index in [2.05, 4.69) is 36.6 Å². The highest BCUT2D eigenvalue weighted by atomic mass is 32.2. The van der Waals surface area contributed by atoms with Crippen molar-refractivity contribution in [3.8, 4) is 0 Å². The van der Waals surface area contributed by atoms with Gasteiger partial charge in [0.15, 0.2) is 0 Å². The van der Waals surface area contributed by atoms with Gasteiger partial charge in [-0.3, -0.25) is 23.5 Å². The van der Waals surface area contributed by atoms with E-state index < -0.39 is 40.0 Å². The summed E-state index contributed by atoms with van der Waals surface area (Å²) in [6.07, 6.45) is 4.51. The van der Waals surface area contributed by atoms with Crippen LogP contribution in [0.15, 0.2) is 61.1 Å². The highest BCUT2D eigenvalue weighted by Crippen LogP contribution is 2.22. The molecule has 3 aromatic rings. The Balaban J connectivity index is 1.84. The van der Waals surface area contributed by atoms with Gasteiger partial charge in [-0.25, -0.2) is 13.4 Å². The average Bonchev–Trinajstić information content (AvgIpc) is 3.58. The first-order chi connectivity index (χ1) is 23.1. The van der Waals surface area contributed by atoms with Gasteiger partial charge in [0.2, 0.25) is 21.8 Å². The summed E-state index contributed by atoms with van der Waals surface area (Å²) in [6, 6.07) is 11.2. The maximum atomic E-state index is 13.8. The number of nitrogens with zero attached hydrogens (tertiary/aromatic N) is 2. The molecule has 4 atom stereocenters. The Kier molecular flexibility index (Phi) is 13.9. The molecule has 0 aliphatic rings. The van der Waals surface area contributed by atoms with E-state index in [9.17, 15) is 27.6 Å². The summed E-state index contributed by atoms with van der Waals surface area (Å²) < 4.78 is 25.9. The third kappa shape index (κ3) is 11.4. The van der Waals surface area contributed by atoms with Crippen LogP contribution in [0, 0.1) is 5.92 Å². The van der Waals surface area contributed by atoms with Gasteiger partial charge in [-0.05, 0) is 50.5 Å². The van der Waals surface area contributed by atoms with Crippen LogP contribution in [0.1, 0.15) is 72.6 Å². The van der Waals surface area contributed by atoms with E-state index in [1.54, 1.807) is 20.0 Å². The fourth-order valence-corrected chi connectivity index (χ4v) is 5.45. The normalized spacial score (nSPS) is 13.9. The van der Waals surface area contributed by atoms with Crippen LogP contribution in [0.2, 0.25) is 0 Å². The van der Waals surface area contributed by atoms with Gasteiger partial charge in [0.25, 0.3) is 11.8 Å². The third-order valence-electron chi connectivity index (χ3n) is 7.96. The number of sulfonamides is 1. The molecule has 266 valence electrons. The van der Waals surface area contributed by atoms with E-state index in [1.165, 1.54) is 31.6 Å². The number of hydrogen-bond acceptors (Lipinski definition) is 8. The number of nitrogens with one attached hydrogen (secondary N) is 6. The van der Waals surface area contributed by atoms with Gasteiger partial charge in [-0.1, -0.05) is 44.2 Å². The Morgan fingerprint density at radius 3 is 2.08 bits per heavy atom. The number of aromatic amines is 1. The minimum atomic E-state index is -3.73. The molecule has 6 N–H and O–H groups in total. The summed E-state index contributed by atoms with van der Waals surface area (Å²) >= 11 is 0. The fraction of sp³-hybridized carbons (Fsp3) is 0.441. The number of carbonyl (C=O) groups is 4. The van der Waals surface area contributed by atoms with Gasteiger partial charge in [-0.15, -0.1) is 0 Å². The number of hydrogen-bond donors (Lipinski definition) is 6. The maximum Gasteiger partial charge on any atom is 0.251 e. The number of carbonyl (C=O) groups excluding carboxylic acids is 4. The van der Waals surface area contributed by atoms with Gasteiger partial charge in [0, 0.05) is 49.9 Å². The van der Waals surface area contributed by atoms with E-state index in [1.807, 2.05) is 51.1 Å². The molecule has 0 aliphatic carbocycles. The molecule has 2 aromatic carbocycles. The molecule has 0 radical (unpaired) electrons. The van der Waals surface area contributed by atoms with Gasteiger partial charge < -0.3 is 31.6 Å². The number of benzene rings is 2. The second-order valence-corrected chi connectivity index (χ2v) is 14.3. The Morgan fingerprint density at radius 2 is 1.53 bits per heavy atom. The monoisotopic (exact) mass is 696 g/mol. The summed E-state index contributed by atoms with van der Waals surface area (Å²) in [6.45, 7) is 9.55. The zero-order chi connectivity index (χ0) is 36.3.